The van der Waals surface area contributed by atoms with Crippen molar-refractivity contribution in [1.29, 1.82) is 0 Å². The third-order valence-corrected chi connectivity index (χ3v) is 4.12. The van der Waals surface area contributed by atoms with Gasteiger partial charge in [-0.3, -0.25) is 4.68 Å². The molecule has 2 N–H and O–H groups in total. The van der Waals surface area contributed by atoms with Crippen LogP contribution in [0.4, 0.5) is 0 Å². The van der Waals surface area contributed by atoms with Gasteiger partial charge in [0.05, 0.1) is 5.69 Å². The molecular weight excluding hydrogens is 302 g/mol. The maximum Gasteiger partial charge on any atom is 0.0653 e. The van der Waals surface area contributed by atoms with Gasteiger partial charge in [0.1, 0.15) is 0 Å². The lowest BCUT2D eigenvalue weighted by atomic mass is 9.95. The Morgan fingerprint density at radius 3 is 2.53 bits per heavy atom. The number of halogens is 1. The first-order valence-electron chi connectivity index (χ1n) is 6.53. The molecule has 2 rings (SSSR count). The van der Waals surface area contributed by atoms with E-state index in [9.17, 15) is 0 Å². The highest BCUT2D eigenvalue weighted by molar-refractivity contribution is 9.10. The monoisotopic (exact) mass is 321 g/mol. The molecule has 0 saturated heterocycles. The van der Waals surface area contributed by atoms with Crippen LogP contribution in [0.5, 0.6) is 0 Å². The molecule has 4 heteroatoms. The topological polar surface area (TPSA) is 43.8 Å². The zero-order chi connectivity index (χ0) is 14.0. The molecule has 0 aliphatic rings. The van der Waals surface area contributed by atoms with E-state index in [0.29, 0.717) is 12.5 Å². The fourth-order valence-corrected chi connectivity index (χ4v) is 2.84. The van der Waals surface area contributed by atoms with Crippen LogP contribution >= 0.6 is 15.9 Å². The van der Waals surface area contributed by atoms with E-state index in [-0.39, 0.29) is 5.92 Å². The van der Waals surface area contributed by atoms with Gasteiger partial charge in [0.2, 0.25) is 0 Å². The zero-order valence-electron chi connectivity index (χ0n) is 11.6. The largest absolute Gasteiger partial charge is 0.329 e. The average Bonchev–Trinajstić information content (AvgIpc) is 2.75. The van der Waals surface area contributed by atoms with E-state index in [1.165, 1.54) is 5.56 Å². The number of rotatable bonds is 4. The lowest BCUT2D eigenvalue weighted by Crippen LogP contribution is -2.17. The van der Waals surface area contributed by atoms with Crippen LogP contribution in [0.15, 0.2) is 34.8 Å². The lowest BCUT2D eigenvalue weighted by Gasteiger charge is -2.17. The van der Waals surface area contributed by atoms with Gasteiger partial charge in [-0.25, -0.2) is 0 Å². The van der Waals surface area contributed by atoms with Crippen molar-refractivity contribution in [2.45, 2.75) is 25.7 Å². The Bertz CT molecular complexity index is 560. The summed E-state index contributed by atoms with van der Waals surface area (Å²) in [7, 11) is 1.99. The van der Waals surface area contributed by atoms with Crippen molar-refractivity contribution in [1.82, 2.24) is 9.78 Å². The smallest absolute Gasteiger partial charge is 0.0653 e. The van der Waals surface area contributed by atoms with Gasteiger partial charge in [-0.1, -0.05) is 48.0 Å². The Hall–Kier alpha value is -1.13. The zero-order valence-corrected chi connectivity index (χ0v) is 13.2. The number of hydrogen-bond donors (Lipinski definition) is 1. The molecule has 0 fully saturated rings. The molecule has 1 aromatic carbocycles. The third-order valence-electron chi connectivity index (χ3n) is 3.40. The summed E-state index contributed by atoms with van der Waals surface area (Å²) >= 11 is 3.61. The van der Waals surface area contributed by atoms with Gasteiger partial charge in [-0.2, -0.15) is 5.10 Å². The summed E-state index contributed by atoms with van der Waals surface area (Å²) in [6.07, 6.45) is 0. The molecule has 0 amide bonds. The van der Waals surface area contributed by atoms with E-state index >= 15 is 0 Å². The molecule has 0 saturated carbocycles. The average molecular weight is 322 g/mol. The predicted molar refractivity (Wildman–Crippen MR) is 82.3 cm³/mol. The molecule has 1 aromatic heterocycles. The van der Waals surface area contributed by atoms with Crippen LogP contribution in [0.1, 0.15) is 42.6 Å². The van der Waals surface area contributed by atoms with Gasteiger partial charge in [0.25, 0.3) is 0 Å². The number of nitrogens with zero attached hydrogens (tertiary/aromatic N) is 2. The van der Waals surface area contributed by atoms with Crippen LogP contribution in [0, 0.1) is 0 Å². The first-order chi connectivity index (χ1) is 9.04. The van der Waals surface area contributed by atoms with Crippen molar-refractivity contribution < 1.29 is 0 Å². The molecule has 102 valence electrons. The van der Waals surface area contributed by atoms with Gasteiger partial charge >= 0.3 is 0 Å². The van der Waals surface area contributed by atoms with E-state index in [2.05, 4.69) is 53.1 Å². The van der Waals surface area contributed by atoms with Crippen molar-refractivity contribution in [2.75, 3.05) is 6.54 Å². The Morgan fingerprint density at radius 2 is 2.00 bits per heavy atom. The molecule has 2 aromatic rings. The van der Waals surface area contributed by atoms with Crippen molar-refractivity contribution >= 4 is 15.9 Å². The summed E-state index contributed by atoms with van der Waals surface area (Å²) in [6, 6.07) is 10.4. The van der Waals surface area contributed by atoms with Gasteiger partial charge in [0.15, 0.2) is 0 Å². The Morgan fingerprint density at radius 1 is 1.32 bits per heavy atom. The summed E-state index contributed by atoms with van der Waals surface area (Å²) in [4.78, 5) is 0. The van der Waals surface area contributed by atoms with Crippen LogP contribution in [0.3, 0.4) is 0 Å². The van der Waals surface area contributed by atoms with Gasteiger partial charge in [0, 0.05) is 29.7 Å². The fourth-order valence-electron chi connectivity index (χ4n) is 2.28. The highest BCUT2D eigenvalue weighted by Gasteiger charge is 2.20. The summed E-state index contributed by atoms with van der Waals surface area (Å²) in [5, 5.41) is 4.58. The van der Waals surface area contributed by atoms with E-state index < -0.39 is 0 Å². The molecule has 0 aliphatic heterocycles. The Balaban J connectivity index is 2.46. The standard InChI is InChI=1S/C15H20BrN3/c1-10(2)14-8-15(19(3)18-14)12(9-17)11-6-4-5-7-13(11)16/h4-8,10,12H,9,17H2,1-3H3. The van der Waals surface area contributed by atoms with Crippen molar-refractivity contribution in [3.05, 3.63) is 51.8 Å². The van der Waals surface area contributed by atoms with Crippen molar-refractivity contribution in [3.8, 4) is 0 Å². The van der Waals surface area contributed by atoms with Crippen LogP contribution in [-0.4, -0.2) is 16.3 Å². The van der Waals surface area contributed by atoms with Gasteiger partial charge < -0.3 is 5.73 Å². The Kier molecular flexibility index (Phi) is 4.42. The molecule has 3 nitrogen and oxygen atoms in total. The van der Waals surface area contributed by atoms with Crippen LogP contribution in [-0.2, 0) is 7.05 Å². The van der Waals surface area contributed by atoms with Crippen molar-refractivity contribution in [3.63, 3.8) is 0 Å². The van der Waals surface area contributed by atoms with E-state index in [0.717, 1.165) is 15.9 Å². The second kappa shape index (κ2) is 5.88. The molecule has 0 spiro atoms. The van der Waals surface area contributed by atoms with Crippen LogP contribution in [0.25, 0.3) is 0 Å². The first kappa shape index (κ1) is 14.3. The minimum atomic E-state index is 0.167. The molecule has 0 aliphatic carbocycles. The molecule has 1 unspecified atom stereocenters. The van der Waals surface area contributed by atoms with E-state index in [1.54, 1.807) is 0 Å². The number of aromatic nitrogens is 2. The van der Waals surface area contributed by atoms with E-state index in [1.807, 2.05) is 23.9 Å². The van der Waals surface area contributed by atoms with Gasteiger partial charge in [-0.15, -0.1) is 0 Å². The van der Waals surface area contributed by atoms with Gasteiger partial charge in [-0.05, 0) is 23.6 Å². The third kappa shape index (κ3) is 2.90. The molecule has 0 bridgehead atoms. The van der Waals surface area contributed by atoms with Crippen LogP contribution in [0.2, 0.25) is 0 Å². The number of benzene rings is 1. The SMILES string of the molecule is CC(C)c1cc(C(CN)c2ccccc2Br)n(C)n1. The fraction of sp³-hybridized carbons (Fsp3) is 0.400. The number of nitrogens with two attached hydrogens (primary N) is 1. The maximum atomic E-state index is 6.00. The summed E-state index contributed by atoms with van der Waals surface area (Å²) in [5.41, 5.74) is 9.49. The Labute approximate surface area is 122 Å². The minimum Gasteiger partial charge on any atom is -0.329 e. The highest BCUT2D eigenvalue weighted by Crippen LogP contribution is 2.30. The molecular formula is C15H20BrN3. The second-order valence-corrected chi connectivity index (χ2v) is 5.94. The molecule has 0 radical (unpaired) electrons. The molecule has 1 heterocycles. The highest BCUT2D eigenvalue weighted by atomic mass is 79.9. The quantitative estimate of drug-likeness (QED) is 0.937. The first-order valence-corrected chi connectivity index (χ1v) is 7.32. The summed E-state index contributed by atoms with van der Waals surface area (Å²) in [5.74, 6) is 0.596. The van der Waals surface area contributed by atoms with E-state index in [4.69, 9.17) is 5.73 Å². The number of hydrogen-bond acceptors (Lipinski definition) is 2. The lowest BCUT2D eigenvalue weighted by molar-refractivity contribution is 0.648. The maximum absolute atomic E-state index is 6.00. The van der Waals surface area contributed by atoms with Crippen molar-refractivity contribution in [2.24, 2.45) is 12.8 Å². The normalized spacial score (nSPS) is 12.9. The minimum absolute atomic E-state index is 0.167. The molecule has 19 heavy (non-hydrogen) atoms. The number of aryl methyl sites for hydroxylation is 1. The predicted octanol–water partition coefficient (Wildman–Crippen LogP) is 3.40. The summed E-state index contributed by atoms with van der Waals surface area (Å²) < 4.78 is 3.05. The second-order valence-electron chi connectivity index (χ2n) is 5.08. The summed E-state index contributed by atoms with van der Waals surface area (Å²) in [6.45, 7) is 4.88. The molecule has 1 atom stereocenters. The van der Waals surface area contributed by atoms with Crippen LogP contribution < -0.4 is 5.73 Å².